The van der Waals surface area contributed by atoms with Crippen LogP contribution in [0.5, 0.6) is 0 Å². The summed E-state index contributed by atoms with van der Waals surface area (Å²) in [4.78, 5) is 38.8. The Balaban J connectivity index is 1.91. The minimum Gasteiger partial charge on any atom is -0.333 e. The summed E-state index contributed by atoms with van der Waals surface area (Å²) in [6.45, 7) is 6.69. The molecule has 0 bridgehead atoms. The molecule has 2 rings (SSSR count). The quantitative estimate of drug-likeness (QED) is 0.709. The first-order valence-corrected chi connectivity index (χ1v) is 8.22. The van der Waals surface area contributed by atoms with Crippen LogP contribution in [-0.2, 0) is 20.9 Å². The summed E-state index contributed by atoms with van der Waals surface area (Å²) >= 11 is 0. The van der Waals surface area contributed by atoms with E-state index < -0.39 is 11.8 Å². The largest absolute Gasteiger partial charge is 0.333 e. The van der Waals surface area contributed by atoms with Gasteiger partial charge in [0.25, 0.3) is 0 Å². The third-order valence-electron chi connectivity index (χ3n) is 3.90. The lowest BCUT2D eigenvalue weighted by Gasteiger charge is -2.32. The van der Waals surface area contributed by atoms with E-state index in [2.05, 4.69) is 10.6 Å². The average Bonchev–Trinajstić information content (AvgIpc) is 2.57. The van der Waals surface area contributed by atoms with Crippen LogP contribution < -0.4 is 10.6 Å². The van der Waals surface area contributed by atoms with Gasteiger partial charge in [-0.2, -0.15) is 0 Å². The predicted molar refractivity (Wildman–Crippen MR) is 91.3 cm³/mol. The van der Waals surface area contributed by atoms with Gasteiger partial charge in [0, 0.05) is 31.9 Å². The van der Waals surface area contributed by atoms with Gasteiger partial charge < -0.3 is 20.4 Å². The number of likely N-dealkylation sites (N-methyl/N-ethyl adjacent to an activating group) is 1. The summed E-state index contributed by atoms with van der Waals surface area (Å²) in [5, 5.41) is 6.00. The van der Waals surface area contributed by atoms with Gasteiger partial charge in [-0.3, -0.25) is 14.4 Å². The highest BCUT2D eigenvalue weighted by Crippen LogP contribution is 2.11. The van der Waals surface area contributed by atoms with Crippen molar-refractivity contribution in [1.29, 1.82) is 0 Å². The summed E-state index contributed by atoms with van der Waals surface area (Å²) in [7, 11) is 0. The summed E-state index contributed by atoms with van der Waals surface area (Å²) in [5.41, 5.74) is 1.75. The molecule has 0 saturated carbocycles. The van der Waals surface area contributed by atoms with Crippen molar-refractivity contribution in [2.45, 2.75) is 20.4 Å². The van der Waals surface area contributed by atoms with Crippen LogP contribution in [-0.4, -0.2) is 60.2 Å². The van der Waals surface area contributed by atoms with Gasteiger partial charge in [-0.15, -0.1) is 0 Å². The zero-order valence-electron chi connectivity index (χ0n) is 14.2. The van der Waals surface area contributed by atoms with Crippen LogP contribution in [0.3, 0.4) is 0 Å². The Morgan fingerprint density at radius 2 is 1.83 bits per heavy atom. The number of piperazine rings is 1. The van der Waals surface area contributed by atoms with Gasteiger partial charge in [0.1, 0.15) is 6.54 Å². The third kappa shape index (κ3) is 4.55. The fourth-order valence-electron chi connectivity index (χ4n) is 2.57. The van der Waals surface area contributed by atoms with Gasteiger partial charge >= 0.3 is 11.8 Å². The molecule has 1 aromatic rings. The van der Waals surface area contributed by atoms with Crippen molar-refractivity contribution in [3.8, 4) is 0 Å². The highest BCUT2D eigenvalue weighted by atomic mass is 16.2. The minimum absolute atomic E-state index is 0.112. The van der Waals surface area contributed by atoms with Crippen LogP contribution in [0.25, 0.3) is 0 Å². The predicted octanol–water partition coefficient (Wildman–Crippen LogP) is 0.425. The zero-order valence-corrected chi connectivity index (χ0v) is 14.2. The smallest absolute Gasteiger partial charge is 0.312 e. The summed E-state index contributed by atoms with van der Waals surface area (Å²) in [5.74, 6) is -1.45. The number of hydrogen-bond donors (Lipinski definition) is 2. The second kappa shape index (κ2) is 8.44. The fourth-order valence-corrected chi connectivity index (χ4v) is 2.57. The van der Waals surface area contributed by atoms with Crippen LogP contribution in [0.4, 0.5) is 5.69 Å². The molecule has 0 spiro atoms. The van der Waals surface area contributed by atoms with E-state index in [-0.39, 0.29) is 12.5 Å². The van der Waals surface area contributed by atoms with Gasteiger partial charge in [-0.1, -0.05) is 19.1 Å². The van der Waals surface area contributed by atoms with Crippen molar-refractivity contribution in [2.24, 2.45) is 0 Å². The van der Waals surface area contributed by atoms with Gasteiger partial charge in [-0.25, -0.2) is 0 Å². The normalized spacial score (nSPS) is 14.9. The molecule has 1 aliphatic rings. The van der Waals surface area contributed by atoms with E-state index in [1.54, 1.807) is 6.07 Å². The van der Waals surface area contributed by atoms with Crippen molar-refractivity contribution in [3.63, 3.8) is 0 Å². The van der Waals surface area contributed by atoms with Crippen molar-refractivity contribution in [2.75, 3.05) is 38.0 Å². The lowest BCUT2D eigenvalue weighted by molar-refractivity contribution is -0.156. The number of hydrogen-bond acceptors (Lipinski definition) is 4. The van der Waals surface area contributed by atoms with Crippen LogP contribution in [0.1, 0.15) is 19.4 Å². The van der Waals surface area contributed by atoms with Gasteiger partial charge in [0.05, 0.1) is 0 Å². The number of benzene rings is 1. The van der Waals surface area contributed by atoms with E-state index in [1.807, 2.05) is 32.0 Å². The lowest BCUT2D eigenvalue weighted by atomic mass is 10.2. The number of nitrogens with zero attached hydrogens (tertiary/aromatic N) is 2. The third-order valence-corrected chi connectivity index (χ3v) is 3.90. The summed E-state index contributed by atoms with van der Waals surface area (Å²) < 4.78 is 0. The lowest BCUT2D eigenvalue weighted by Crippen LogP contribution is -2.55. The molecule has 0 radical (unpaired) electrons. The highest BCUT2D eigenvalue weighted by Gasteiger charge is 2.32. The van der Waals surface area contributed by atoms with Crippen LogP contribution in [0.2, 0.25) is 0 Å². The maximum absolute atomic E-state index is 12.2. The molecule has 0 aliphatic carbocycles. The van der Waals surface area contributed by atoms with Gasteiger partial charge in [0.2, 0.25) is 5.91 Å². The molecule has 1 aromatic carbocycles. The Kier molecular flexibility index (Phi) is 6.31. The molecule has 1 aliphatic heterocycles. The number of nitrogens with one attached hydrogen (secondary N) is 2. The first-order chi connectivity index (χ1) is 11.5. The molecule has 130 valence electrons. The molecule has 1 fully saturated rings. The second-order valence-corrected chi connectivity index (χ2v) is 5.64. The molecular weight excluding hydrogens is 308 g/mol. The molecular formula is C17H24N4O3. The zero-order chi connectivity index (χ0) is 17.5. The first kappa shape index (κ1) is 17.9. The Labute approximate surface area is 142 Å². The maximum Gasteiger partial charge on any atom is 0.312 e. The van der Waals surface area contributed by atoms with E-state index >= 15 is 0 Å². The Morgan fingerprint density at radius 3 is 2.54 bits per heavy atom. The molecule has 3 amide bonds. The first-order valence-electron chi connectivity index (χ1n) is 8.22. The number of rotatable bonds is 7. The number of carbonyl (C=O) groups excluding carboxylic acids is 3. The van der Waals surface area contributed by atoms with E-state index in [4.69, 9.17) is 0 Å². The number of amides is 3. The summed E-state index contributed by atoms with van der Waals surface area (Å²) in [6.07, 6.45) is 0. The van der Waals surface area contributed by atoms with E-state index in [0.29, 0.717) is 25.3 Å². The topological polar surface area (TPSA) is 81.8 Å². The van der Waals surface area contributed by atoms with Crippen LogP contribution in [0.15, 0.2) is 24.3 Å². The maximum atomic E-state index is 12.2. The Bertz CT molecular complexity index is 618. The van der Waals surface area contributed by atoms with E-state index in [1.165, 1.54) is 9.80 Å². The second-order valence-electron chi connectivity index (χ2n) is 5.64. The molecule has 24 heavy (non-hydrogen) atoms. The molecule has 0 aromatic heterocycles. The molecule has 1 heterocycles. The van der Waals surface area contributed by atoms with E-state index in [0.717, 1.165) is 18.7 Å². The SMILES string of the molecule is CCNCc1cccc(NC(=O)CN2CCN(CC)C(=O)C2=O)c1. The van der Waals surface area contributed by atoms with Crippen LogP contribution >= 0.6 is 0 Å². The van der Waals surface area contributed by atoms with E-state index in [9.17, 15) is 14.4 Å². The monoisotopic (exact) mass is 332 g/mol. The van der Waals surface area contributed by atoms with Gasteiger partial charge in [-0.05, 0) is 31.2 Å². The Morgan fingerprint density at radius 1 is 1.12 bits per heavy atom. The average molecular weight is 332 g/mol. The molecule has 1 saturated heterocycles. The van der Waals surface area contributed by atoms with Crippen molar-refractivity contribution in [3.05, 3.63) is 29.8 Å². The Hall–Kier alpha value is -2.41. The molecule has 7 heteroatoms. The number of carbonyl (C=O) groups is 3. The molecule has 2 N–H and O–H groups in total. The van der Waals surface area contributed by atoms with Crippen molar-refractivity contribution in [1.82, 2.24) is 15.1 Å². The van der Waals surface area contributed by atoms with Crippen molar-refractivity contribution < 1.29 is 14.4 Å². The van der Waals surface area contributed by atoms with Gasteiger partial charge in [0.15, 0.2) is 0 Å². The number of anilines is 1. The molecule has 0 atom stereocenters. The fraction of sp³-hybridized carbons (Fsp3) is 0.471. The summed E-state index contributed by atoms with van der Waals surface area (Å²) in [6, 6.07) is 7.54. The molecule has 7 nitrogen and oxygen atoms in total. The standard InChI is InChI=1S/C17H24N4O3/c1-3-18-11-13-6-5-7-14(10-13)19-15(22)12-21-9-8-20(4-2)16(23)17(21)24/h5-7,10,18H,3-4,8-9,11-12H2,1-2H3,(H,19,22). The highest BCUT2D eigenvalue weighted by molar-refractivity contribution is 6.35. The molecule has 0 unspecified atom stereocenters. The van der Waals surface area contributed by atoms with Crippen LogP contribution in [0, 0.1) is 0 Å². The van der Waals surface area contributed by atoms with Crippen molar-refractivity contribution >= 4 is 23.4 Å². The minimum atomic E-state index is -0.612.